The van der Waals surface area contributed by atoms with Gasteiger partial charge >= 0.3 is 0 Å². The predicted octanol–water partition coefficient (Wildman–Crippen LogP) is 0.288. The Balaban J connectivity index is 2.18. The lowest BCUT2D eigenvalue weighted by atomic mass is 9.95. The monoisotopic (exact) mass is 260 g/mol. The van der Waals surface area contributed by atoms with Gasteiger partial charge in [0.15, 0.2) is 11.6 Å². The Morgan fingerprint density at radius 2 is 2.11 bits per heavy atom. The number of rotatable bonds is 3. The molecule has 1 fully saturated rings. The fraction of sp³-hybridized carbons (Fsp3) is 0.308. The van der Waals surface area contributed by atoms with Crippen molar-refractivity contribution in [1.82, 2.24) is 9.88 Å². The third-order valence-corrected chi connectivity index (χ3v) is 3.38. The summed E-state index contributed by atoms with van der Waals surface area (Å²) in [5.41, 5.74) is 0.946. The number of aromatic nitrogens is 1. The molecular weight excluding hydrogens is 248 g/mol. The van der Waals surface area contributed by atoms with Crippen molar-refractivity contribution in [2.45, 2.75) is 13.5 Å². The number of aliphatic hydroxyl groups is 1. The molecule has 2 N–H and O–H groups in total. The Morgan fingerprint density at radius 1 is 1.42 bits per heavy atom. The van der Waals surface area contributed by atoms with Gasteiger partial charge in [0, 0.05) is 31.7 Å². The number of fused-ring (bicyclic) bond motifs is 1. The Labute approximate surface area is 108 Å². The zero-order chi connectivity index (χ0) is 13.7. The summed E-state index contributed by atoms with van der Waals surface area (Å²) in [6, 6.07) is 0. The lowest BCUT2D eigenvalue weighted by Gasteiger charge is -2.13. The number of H-pyrrole nitrogens is 1. The van der Waals surface area contributed by atoms with E-state index < -0.39 is 6.61 Å². The van der Waals surface area contributed by atoms with Crippen LogP contribution in [0.4, 0.5) is 0 Å². The first-order chi connectivity index (χ1) is 9.04. The highest BCUT2D eigenvalue weighted by Gasteiger charge is 2.37. The number of allylic oxidation sites excluding steroid dienone is 2. The average Bonchev–Trinajstić information content (AvgIpc) is 3.12. The van der Waals surface area contributed by atoms with Gasteiger partial charge in [0.2, 0.25) is 5.78 Å². The fourth-order valence-electron chi connectivity index (χ4n) is 2.36. The average molecular weight is 260 g/mol. The van der Waals surface area contributed by atoms with Crippen LogP contribution in [0, 0.1) is 0 Å². The molecule has 0 amide bonds. The molecule has 1 aliphatic carbocycles. The highest BCUT2D eigenvalue weighted by Crippen LogP contribution is 2.30. The van der Waals surface area contributed by atoms with Crippen LogP contribution in [0.2, 0.25) is 0 Å². The summed E-state index contributed by atoms with van der Waals surface area (Å²) >= 11 is 0. The molecule has 0 unspecified atom stereocenters. The van der Waals surface area contributed by atoms with Gasteiger partial charge in [-0.2, -0.15) is 0 Å². The lowest BCUT2D eigenvalue weighted by molar-refractivity contribution is 0.0966. The van der Waals surface area contributed by atoms with Gasteiger partial charge < -0.3 is 15.0 Å². The molecule has 6 heteroatoms. The van der Waals surface area contributed by atoms with Crippen LogP contribution in [0.3, 0.4) is 0 Å². The van der Waals surface area contributed by atoms with Crippen molar-refractivity contribution in [1.29, 1.82) is 0 Å². The number of carbonyl (C=O) groups excluding carboxylic acids is 3. The molecule has 3 rings (SSSR count). The molecule has 1 aromatic rings. The molecule has 2 aliphatic rings. The largest absolute Gasteiger partial charge is 0.392 e. The molecule has 1 saturated heterocycles. The van der Waals surface area contributed by atoms with Crippen molar-refractivity contribution in [3.8, 4) is 0 Å². The standard InChI is InChI=1S/C13H12N2O4/c1-6(17)11-7(5-16)10-9(18)4-8(15-2-3-15)13(19)12(10)14-11/h4,14,16H,2-3,5H2,1H3. The van der Waals surface area contributed by atoms with Crippen molar-refractivity contribution in [3.05, 3.63) is 34.3 Å². The first kappa shape index (κ1) is 11.9. The number of Topliss-reactive ketones (excluding diaryl/α,β-unsaturated/α-hetero) is 2. The molecule has 0 atom stereocenters. The van der Waals surface area contributed by atoms with Gasteiger partial charge in [-0.25, -0.2) is 0 Å². The van der Waals surface area contributed by atoms with Crippen molar-refractivity contribution < 1.29 is 19.5 Å². The second kappa shape index (κ2) is 3.89. The third-order valence-electron chi connectivity index (χ3n) is 3.38. The van der Waals surface area contributed by atoms with E-state index >= 15 is 0 Å². The summed E-state index contributed by atoms with van der Waals surface area (Å²) in [6.07, 6.45) is 1.29. The minimum atomic E-state index is -0.452. The van der Waals surface area contributed by atoms with Crippen LogP contribution in [-0.2, 0) is 6.61 Å². The van der Waals surface area contributed by atoms with E-state index in [4.69, 9.17) is 0 Å². The summed E-state index contributed by atoms with van der Waals surface area (Å²) in [6.45, 7) is 2.39. The SMILES string of the molecule is CC(=O)c1[nH]c2c(c1CO)C(=O)C=C(N1CC1)C2=O. The summed E-state index contributed by atoms with van der Waals surface area (Å²) < 4.78 is 0. The van der Waals surface area contributed by atoms with E-state index in [1.165, 1.54) is 13.0 Å². The molecule has 2 heterocycles. The van der Waals surface area contributed by atoms with Crippen LogP contribution < -0.4 is 0 Å². The maximum atomic E-state index is 12.3. The summed E-state index contributed by atoms with van der Waals surface area (Å²) in [5, 5.41) is 9.34. The fourth-order valence-corrected chi connectivity index (χ4v) is 2.36. The maximum absolute atomic E-state index is 12.3. The normalized spacial score (nSPS) is 17.4. The molecule has 0 saturated carbocycles. The van der Waals surface area contributed by atoms with Crippen molar-refractivity contribution in [2.75, 3.05) is 13.1 Å². The highest BCUT2D eigenvalue weighted by molar-refractivity contribution is 6.25. The smallest absolute Gasteiger partial charge is 0.226 e. The first-order valence-corrected chi connectivity index (χ1v) is 5.97. The van der Waals surface area contributed by atoms with E-state index in [2.05, 4.69) is 4.98 Å². The van der Waals surface area contributed by atoms with Gasteiger partial charge in [-0.1, -0.05) is 0 Å². The van der Waals surface area contributed by atoms with Crippen LogP contribution in [0.1, 0.15) is 43.8 Å². The first-order valence-electron chi connectivity index (χ1n) is 5.97. The van der Waals surface area contributed by atoms with Crippen LogP contribution in [0.25, 0.3) is 0 Å². The molecule has 6 nitrogen and oxygen atoms in total. The minimum absolute atomic E-state index is 0.114. The Morgan fingerprint density at radius 3 is 2.63 bits per heavy atom. The second-order valence-electron chi connectivity index (χ2n) is 4.65. The number of hydrogen-bond acceptors (Lipinski definition) is 5. The van der Waals surface area contributed by atoms with Crippen LogP contribution >= 0.6 is 0 Å². The summed E-state index contributed by atoms with van der Waals surface area (Å²) in [7, 11) is 0. The van der Waals surface area contributed by atoms with Gasteiger partial charge in [0.25, 0.3) is 0 Å². The van der Waals surface area contributed by atoms with Crippen LogP contribution in [0.5, 0.6) is 0 Å². The van der Waals surface area contributed by atoms with Crippen LogP contribution in [0.15, 0.2) is 11.8 Å². The Kier molecular flexibility index (Phi) is 2.43. The minimum Gasteiger partial charge on any atom is -0.392 e. The summed E-state index contributed by atoms with van der Waals surface area (Å²) in [5.74, 6) is -0.953. The van der Waals surface area contributed by atoms with E-state index in [1.54, 1.807) is 4.90 Å². The van der Waals surface area contributed by atoms with Crippen molar-refractivity contribution in [3.63, 3.8) is 0 Å². The quantitative estimate of drug-likeness (QED) is 0.602. The molecule has 0 spiro atoms. The number of aromatic amines is 1. The predicted molar refractivity (Wildman–Crippen MR) is 65.0 cm³/mol. The maximum Gasteiger partial charge on any atom is 0.226 e. The number of hydrogen-bond donors (Lipinski definition) is 2. The molecule has 1 aromatic heterocycles. The van der Waals surface area contributed by atoms with Crippen LogP contribution in [-0.4, -0.2) is 45.4 Å². The number of carbonyl (C=O) groups is 3. The molecule has 0 radical (unpaired) electrons. The number of aliphatic hydroxyl groups excluding tert-OH is 1. The van der Waals surface area contributed by atoms with Gasteiger partial charge in [-0.15, -0.1) is 0 Å². The topological polar surface area (TPSA) is 90.2 Å². The van der Waals surface area contributed by atoms with Crippen molar-refractivity contribution >= 4 is 17.3 Å². The summed E-state index contributed by atoms with van der Waals surface area (Å²) in [4.78, 5) is 40.3. The van der Waals surface area contributed by atoms with E-state index in [9.17, 15) is 19.5 Å². The number of nitrogens with one attached hydrogen (secondary N) is 1. The zero-order valence-corrected chi connectivity index (χ0v) is 10.3. The van der Waals surface area contributed by atoms with E-state index in [0.29, 0.717) is 5.70 Å². The van der Waals surface area contributed by atoms with Gasteiger partial charge in [0.1, 0.15) is 5.69 Å². The molecule has 1 aliphatic heterocycles. The molecule has 0 aromatic carbocycles. The zero-order valence-electron chi connectivity index (χ0n) is 10.3. The van der Waals surface area contributed by atoms with Crippen molar-refractivity contribution in [2.24, 2.45) is 0 Å². The van der Waals surface area contributed by atoms with E-state index in [1.807, 2.05) is 0 Å². The van der Waals surface area contributed by atoms with Gasteiger partial charge in [-0.3, -0.25) is 14.4 Å². The van der Waals surface area contributed by atoms with Gasteiger partial charge in [-0.05, 0) is 0 Å². The lowest BCUT2D eigenvalue weighted by Crippen LogP contribution is -2.21. The Bertz CT molecular complexity index is 650. The number of ketones is 3. The van der Waals surface area contributed by atoms with E-state index in [-0.39, 0.29) is 39.9 Å². The Hall–Kier alpha value is -2.21. The second-order valence-corrected chi connectivity index (χ2v) is 4.65. The molecular formula is C13H12N2O4. The molecule has 0 bridgehead atoms. The molecule has 98 valence electrons. The van der Waals surface area contributed by atoms with Gasteiger partial charge in [0.05, 0.1) is 23.6 Å². The highest BCUT2D eigenvalue weighted by atomic mass is 16.3. The molecule has 19 heavy (non-hydrogen) atoms. The number of nitrogens with zero attached hydrogens (tertiary/aromatic N) is 1. The van der Waals surface area contributed by atoms with E-state index in [0.717, 1.165) is 13.1 Å². The third kappa shape index (κ3) is 1.64.